The van der Waals surface area contributed by atoms with E-state index >= 15 is 0 Å². The average molecular weight is 195 g/mol. The number of methoxy groups -OCH3 is 1. The molecule has 1 aromatic carbocycles. The van der Waals surface area contributed by atoms with E-state index in [0.29, 0.717) is 6.42 Å². The molecular formula is C11H14FNO. The molecular weight excluding hydrogens is 181 g/mol. The molecule has 0 aromatic heterocycles. The van der Waals surface area contributed by atoms with Gasteiger partial charge in [-0.2, -0.15) is 0 Å². The van der Waals surface area contributed by atoms with Gasteiger partial charge in [0.2, 0.25) is 0 Å². The van der Waals surface area contributed by atoms with Crippen LogP contribution >= 0.6 is 0 Å². The predicted molar refractivity (Wildman–Crippen MR) is 53.3 cm³/mol. The van der Waals surface area contributed by atoms with Crippen LogP contribution in [0.15, 0.2) is 24.3 Å². The highest BCUT2D eigenvalue weighted by Crippen LogP contribution is 2.32. The Morgan fingerprint density at radius 3 is 2.86 bits per heavy atom. The van der Waals surface area contributed by atoms with Crippen molar-refractivity contribution in [1.29, 1.82) is 0 Å². The normalized spacial score (nSPS) is 26.4. The van der Waals surface area contributed by atoms with Crippen LogP contribution in [0.25, 0.3) is 0 Å². The molecule has 2 unspecified atom stereocenters. The SMILES string of the molecule is COc1ccccc1C1NCCC1F. The summed E-state index contributed by atoms with van der Waals surface area (Å²) in [5.74, 6) is 0.759. The Morgan fingerprint density at radius 2 is 2.21 bits per heavy atom. The maximum Gasteiger partial charge on any atom is 0.123 e. The van der Waals surface area contributed by atoms with Gasteiger partial charge in [-0.1, -0.05) is 18.2 Å². The number of halogens is 1. The van der Waals surface area contributed by atoms with Crippen molar-refractivity contribution in [3.8, 4) is 5.75 Å². The van der Waals surface area contributed by atoms with Gasteiger partial charge in [0.1, 0.15) is 11.9 Å². The Balaban J connectivity index is 2.30. The summed E-state index contributed by atoms with van der Waals surface area (Å²) >= 11 is 0. The fourth-order valence-electron chi connectivity index (χ4n) is 1.90. The second kappa shape index (κ2) is 3.96. The number of benzene rings is 1. The number of hydrogen-bond acceptors (Lipinski definition) is 2. The third kappa shape index (κ3) is 1.60. The minimum atomic E-state index is -0.800. The Bertz CT molecular complexity index is 316. The highest BCUT2D eigenvalue weighted by Gasteiger charge is 2.29. The first kappa shape index (κ1) is 9.46. The Labute approximate surface area is 83.1 Å². The summed E-state index contributed by atoms with van der Waals surface area (Å²) < 4.78 is 18.7. The van der Waals surface area contributed by atoms with Crippen LogP contribution in [0.3, 0.4) is 0 Å². The molecule has 14 heavy (non-hydrogen) atoms. The minimum Gasteiger partial charge on any atom is -0.496 e. The van der Waals surface area contributed by atoms with E-state index in [2.05, 4.69) is 5.32 Å². The van der Waals surface area contributed by atoms with Crippen molar-refractivity contribution < 1.29 is 9.13 Å². The summed E-state index contributed by atoms with van der Waals surface area (Å²) in [7, 11) is 1.61. The van der Waals surface area contributed by atoms with Gasteiger partial charge in [-0.05, 0) is 19.0 Å². The zero-order chi connectivity index (χ0) is 9.97. The molecule has 2 atom stereocenters. The standard InChI is InChI=1S/C11H14FNO/c1-14-10-5-3-2-4-8(10)11-9(12)6-7-13-11/h2-5,9,11,13H,6-7H2,1H3. The van der Waals surface area contributed by atoms with Gasteiger partial charge in [-0.15, -0.1) is 0 Å². The van der Waals surface area contributed by atoms with E-state index in [1.54, 1.807) is 7.11 Å². The molecule has 0 bridgehead atoms. The molecule has 0 spiro atoms. The number of alkyl halides is 1. The molecule has 2 nitrogen and oxygen atoms in total. The van der Waals surface area contributed by atoms with Crippen LogP contribution in [0.2, 0.25) is 0 Å². The molecule has 76 valence electrons. The molecule has 1 N–H and O–H groups in total. The number of para-hydroxylation sites is 1. The first-order valence-corrected chi connectivity index (χ1v) is 4.83. The van der Waals surface area contributed by atoms with Crippen molar-refractivity contribution in [2.75, 3.05) is 13.7 Å². The van der Waals surface area contributed by atoms with Crippen LogP contribution < -0.4 is 10.1 Å². The highest BCUT2D eigenvalue weighted by molar-refractivity contribution is 5.37. The maximum absolute atomic E-state index is 13.5. The lowest BCUT2D eigenvalue weighted by Crippen LogP contribution is -2.19. The molecule has 1 fully saturated rings. The molecule has 1 saturated heterocycles. The van der Waals surface area contributed by atoms with Gasteiger partial charge in [-0.25, -0.2) is 4.39 Å². The molecule has 0 aliphatic carbocycles. The second-order valence-corrected chi connectivity index (χ2v) is 3.48. The molecule has 3 heteroatoms. The van der Waals surface area contributed by atoms with E-state index < -0.39 is 6.17 Å². The van der Waals surface area contributed by atoms with Gasteiger partial charge < -0.3 is 10.1 Å². The average Bonchev–Trinajstić information content (AvgIpc) is 2.64. The largest absolute Gasteiger partial charge is 0.496 e. The fraction of sp³-hybridized carbons (Fsp3) is 0.455. The van der Waals surface area contributed by atoms with Crippen LogP contribution in [0, 0.1) is 0 Å². The van der Waals surface area contributed by atoms with Crippen LogP contribution in [0.1, 0.15) is 18.0 Å². The molecule has 1 heterocycles. The lowest BCUT2D eigenvalue weighted by molar-refractivity contribution is 0.297. The van der Waals surface area contributed by atoms with E-state index in [9.17, 15) is 4.39 Å². The van der Waals surface area contributed by atoms with Crippen molar-refractivity contribution in [1.82, 2.24) is 5.32 Å². The molecule has 2 rings (SSSR count). The third-order valence-corrected chi connectivity index (χ3v) is 2.62. The van der Waals surface area contributed by atoms with E-state index in [1.165, 1.54) is 0 Å². The van der Waals surface area contributed by atoms with Gasteiger partial charge in [0.15, 0.2) is 0 Å². The molecule has 0 radical (unpaired) electrons. The molecule has 1 aliphatic rings. The van der Waals surface area contributed by atoms with Gasteiger partial charge in [0.05, 0.1) is 13.2 Å². The van der Waals surface area contributed by atoms with E-state index in [4.69, 9.17) is 4.74 Å². The molecule has 1 aromatic rings. The zero-order valence-electron chi connectivity index (χ0n) is 8.16. The maximum atomic E-state index is 13.5. The number of ether oxygens (including phenoxy) is 1. The van der Waals surface area contributed by atoms with Crippen molar-refractivity contribution in [3.05, 3.63) is 29.8 Å². The van der Waals surface area contributed by atoms with Crippen molar-refractivity contribution in [3.63, 3.8) is 0 Å². The summed E-state index contributed by atoms with van der Waals surface area (Å²) in [6.45, 7) is 0.740. The van der Waals surface area contributed by atoms with Crippen LogP contribution in [0.4, 0.5) is 4.39 Å². The van der Waals surface area contributed by atoms with E-state index in [-0.39, 0.29) is 6.04 Å². The molecule has 1 aliphatic heterocycles. The molecule has 0 saturated carbocycles. The lowest BCUT2D eigenvalue weighted by atomic mass is 10.0. The fourth-order valence-corrected chi connectivity index (χ4v) is 1.90. The molecule has 0 amide bonds. The van der Waals surface area contributed by atoms with Crippen molar-refractivity contribution in [2.45, 2.75) is 18.6 Å². The minimum absolute atomic E-state index is 0.203. The van der Waals surface area contributed by atoms with E-state index in [0.717, 1.165) is 17.9 Å². The van der Waals surface area contributed by atoms with Crippen LogP contribution in [-0.4, -0.2) is 19.8 Å². The topological polar surface area (TPSA) is 21.3 Å². The Kier molecular flexibility index (Phi) is 2.68. The van der Waals surface area contributed by atoms with Crippen molar-refractivity contribution in [2.24, 2.45) is 0 Å². The summed E-state index contributed by atoms with van der Waals surface area (Å²) in [6.07, 6.45) is -0.214. The van der Waals surface area contributed by atoms with E-state index in [1.807, 2.05) is 24.3 Å². The highest BCUT2D eigenvalue weighted by atomic mass is 19.1. The first-order chi connectivity index (χ1) is 6.83. The number of nitrogens with one attached hydrogen (secondary N) is 1. The quantitative estimate of drug-likeness (QED) is 0.780. The van der Waals surface area contributed by atoms with Gasteiger partial charge in [0.25, 0.3) is 0 Å². The summed E-state index contributed by atoms with van der Waals surface area (Å²) in [4.78, 5) is 0. The lowest BCUT2D eigenvalue weighted by Gasteiger charge is -2.16. The summed E-state index contributed by atoms with van der Waals surface area (Å²) in [5.41, 5.74) is 0.917. The predicted octanol–water partition coefficient (Wildman–Crippen LogP) is 2.07. The number of rotatable bonds is 2. The van der Waals surface area contributed by atoms with Crippen LogP contribution in [0.5, 0.6) is 5.75 Å². The second-order valence-electron chi connectivity index (χ2n) is 3.48. The van der Waals surface area contributed by atoms with Crippen molar-refractivity contribution >= 4 is 0 Å². The summed E-state index contributed by atoms with van der Waals surface area (Å²) in [5, 5.41) is 3.14. The monoisotopic (exact) mass is 195 g/mol. The first-order valence-electron chi connectivity index (χ1n) is 4.83. The smallest absolute Gasteiger partial charge is 0.123 e. The van der Waals surface area contributed by atoms with Gasteiger partial charge >= 0.3 is 0 Å². The Morgan fingerprint density at radius 1 is 1.43 bits per heavy atom. The third-order valence-electron chi connectivity index (χ3n) is 2.62. The zero-order valence-corrected chi connectivity index (χ0v) is 8.16. The van der Waals surface area contributed by atoms with Gasteiger partial charge in [-0.3, -0.25) is 0 Å². The van der Waals surface area contributed by atoms with Gasteiger partial charge in [0, 0.05) is 5.56 Å². The summed E-state index contributed by atoms with van der Waals surface area (Å²) in [6, 6.07) is 7.37. The number of hydrogen-bond donors (Lipinski definition) is 1. The Hall–Kier alpha value is -1.09. The van der Waals surface area contributed by atoms with Crippen LogP contribution in [-0.2, 0) is 0 Å².